The SMILES string of the molecule is CC(C1=CC(=O)NC1=O)C1CC(OC(C)(C)C)C[C@@H](OC(C)(C)C)C1. The van der Waals surface area contributed by atoms with Crippen LogP contribution in [-0.4, -0.2) is 35.2 Å². The normalized spacial score (nSPS) is 29.4. The molecule has 0 aromatic rings. The Labute approximate surface area is 151 Å². The van der Waals surface area contributed by atoms with Crippen LogP contribution in [0.3, 0.4) is 0 Å². The Morgan fingerprint density at radius 1 is 0.960 bits per heavy atom. The van der Waals surface area contributed by atoms with Crippen LogP contribution in [0.5, 0.6) is 0 Å². The van der Waals surface area contributed by atoms with E-state index in [1.165, 1.54) is 6.08 Å². The lowest BCUT2D eigenvalue weighted by molar-refractivity contribution is -0.144. The molecule has 25 heavy (non-hydrogen) atoms. The van der Waals surface area contributed by atoms with Crippen molar-refractivity contribution in [2.45, 2.75) is 91.1 Å². The second-order valence-electron chi connectivity index (χ2n) is 9.38. The number of carbonyl (C=O) groups is 2. The zero-order chi connectivity index (χ0) is 19.0. The highest BCUT2D eigenvalue weighted by Gasteiger charge is 2.39. The van der Waals surface area contributed by atoms with E-state index in [1.807, 2.05) is 6.92 Å². The van der Waals surface area contributed by atoms with Gasteiger partial charge in [0.15, 0.2) is 0 Å². The van der Waals surface area contributed by atoms with Crippen molar-refractivity contribution < 1.29 is 19.1 Å². The molecule has 0 radical (unpaired) electrons. The first-order valence-electron chi connectivity index (χ1n) is 9.26. The molecule has 1 aliphatic carbocycles. The highest BCUT2D eigenvalue weighted by molar-refractivity contribution is 6.16. The van der Waals surface area contributed by atoms with Gasteiger partial charge in [-0.25, -0.2) is 0 Å². The van der Waals surface area contributed by atoms with E-state index in [1.54, 1.807) is 0 Å². The fourth-order valence-electron chi connectivity index (χ4n) is 3.88. The van der Waals surface area contributed by atoms with Crippen LogP contribution < -0.4 is 5.32 Å². The number of carbonyl (C=O) groups excluding carboxylic acids is 2. The average molecular weight is 351 g/mol. The van der Waals surface area contributed by atoms with Crippen molar-refractivity contribution >= 4 is 11.8 Å². The van der Waals surface area contributed by atoms with Crippen molar-refractivity contribution in [3.63, 3.8) is 0 Å². The summed E-state index contributed by atoms with van der Waals surface area (Å²) in [5.41, 5.74) is 0.144. The maximum absolute atomic E-state index is 12.0. The van der Waals surface area contributed by atoms with Crippen LogP contribution in [0.1, 0.15) is 67.7 Å². The van der Waals surface area contributed by atoms with E-state index >= 15 is 0 Å². The largest absolute Gasteiger partial charge is 0.373 e. The van der Waals surface area contributed by atoms with Crippen LogP contribution in [0, 0.1) is 11.8 Å². The number of rotatable bonds is 4. The van der Waals surface area contributed by atoms with Crippen molar-refractivity contribution in [1.29, 1.82) is 0 Å². The summed E-state index contributed by atoms with van der Waals surface area (Å²) in [4.78, 5) is 23.5. The highest BCUT2D eigenvalue weighted by Crippen LogP contribution is 2.39. The van der Waals surface area contributed by atoms with Gasteiger partial charge in [-0.1, -0.05) is 6.92 Å². The molecule has 0 aromatic carbocycles. The molecule has 0 aromatic heterocycles. The minimum absolute atomic E-state index is 0.00360. The van der Waals surface area contributed by atoms with Crippen LogP contribution in [0.4, 0.5) is 0 Å². The zero-order valence-corrected chi connectivity index (χ0v) is 16.6. The van der Waals surface area contributed by atoms with Gasteiger partial charge in [0.1, 0.15) is 0 Å². The lowest BCUT2D eigenvalue weighted by Gasteiger charge is -2.42. The third kappa shape index (κ3) is 5.93. The second kappa shape index (κ2) is 7.20. The van der Waals surface area contributed by atoms with Crippen molar-refractivity contribution in [1.82, 2.24) is 5.32 Å². The Morgan fingerprint density at radius 2 is 1.44 bits per heavy atom. The monoisotopic (exact) mass is 351 g/mol. The second-order valence-corrected chi connectivity index (χ2v) is 9.38. The third-order valence-corrected chi connectivity index (χ3v) is 4.68. The Bertz CT molecular complexity index is 529. The first-order valence-corrected chi connectivity index (χ1v) is 9.26. The number of amides is 2. The molecular formula is C20H33NO4. The van der Waals surface area contributed by atoms with Crippen LogP contribution in [0.2, 0.25) is 0 Å². The van der Waals surface area contributed by atoms with E-state index in [-0.39, 0.29) is 47.1 Å². The zero-order valence-electron chi connectivity index (χ0n) is 16.6. The minimum atomic E-state index is -0.312. The number of imide groups is 1. The lowest BCUT2D eigenvalue weighted by Crippen LogP contribution is -2.42. The average Bonchev–Trinajstić information content (AvgIpc) is 2.72. The molecule has 1 heterocycles. The topological polar surface area (TPSA) is 64.6 Å². The lowest BCUT2D eigenvalue weighted by atomic mass is 9.75. The summed E-state index contributed by atoms with van der Waals surface area (Å²) < 4.78 is 12.5. The van der Waals surface area contributed by atoms with E-state index in [9.17, 15) is 9.59 Å². The molecule has 2 amide bonds. The van der Waals surface area contributed by atoms with Crippen molar-refractivity contribution in [2.24, 2.45) is 11.8 Å². The fraction of sp³-hybridized carbons (Fsp3) is 0.800. The number of ether oxygens (including phenoxy) is 2. The maximum Gasteiger partial charge on any atom is 0.254 e. The summed E-state index contributed by atoms with van der Waals surface area (Å²) in [5.74, 6) is -0.322. The van der Waals surface area contributed by atoms with Gasteiger partial charge < -0.3 is 9.47 Å². The van der Waals surface area contributed by atoms with Gasteiger partial charge in [-0.15, -0.1) is 0 Å². The molecule has 2 aliphatic rings. The molecule has 5 heteroatoms. The van der Waals surface area contributed by atoms with E-state index in [0.717, 1.165) is 19.3 Å². The third-order valence-electron chi connectivity index (χ3n) is 4.68. The predicted octanol–water partition coefficient (Wildman–Crippen LogP) is 3.37. The minimum Gasteiger partial charge on any atom is -0.373 e. The molecular weight excluding hydrogens is 318 g/mol. The predicted molar refractivity (Wildman–Crippen MR) is 97.0 cm³/mol. The first kappa shape index (κ1) is 20.1. The summed E-state index contributed by atoms with van der Waals surface area (Å²) >= 11 is 0. The van der Waals surface area contributed by atoms with Gasteiger partial charge in [0, 0.05) is 11.6 Å². The summed E-state index contributed by atoms with van der Waals surface area (Å²) in [7, 11) is 0. The molecule has 2 rings (SSSR count). The van der Waals surface area contributed by atoms with Gasteiger partial charge in [0.25, 0.3) is 11.8 Å². The van der Waals surface area contributed by atoms with Gasteiger partial charge in [0.2, 0.25) is 0 Å². The van der Waals surface area contributed by atoms with Gasteiger partial charge in [-0.2, -0.15) is 0 Å². The number of nitrogens with one attached hydrogen (secondary N) is 1. The standard InChI is InChI=1S/C20H33NO4/c1-12(16-11-17(22)21-18(16)23)13-8-14(24-19(2,3)4)10-15(9-13)25-20(5,6)7/h11-15H,8-10H2,1-7H3,(H,21,22,23)/t12?,13?,14-,15?/m0/s1. The van der Waals surface area contributed by atoms with Gasteiger partial charge >= 0.3 is 0 Å². The van der Waals surface area contributed by atoms with E-state index in [2.05, 4.69) is 46.9 Å². The highest BCUT2D eigenvalue weighted by atomic mass is 16.5. The van der Waals surface area contributed by atoms with E-state index < -0.39 is 0 Å². The summed E-state index contributed by atoms with van der Waals surface area (Å²) in [6.45, 7) is 14.4. The van der Waals surface area contributed by atoms with Gasteiger partial charge in [0.05, 0.1) is 23.4 Å². The van der Waals surface area contributed by atoms with Crippen LogP contribution in [0.25, 0.3) is 0 Å². The molecule has 1 N–H and O–H groups in total. The molecule has 142 valence electrons. The Kier molecular flexibility index (Phi) is 5.79. The molecule has 0 bridgehead atoms. The molecule has 1 fully saturated rings. The molecule has 0 spiro atoms. The Morgan fingerprint density at radius 3 is 1.80 bits per heavy atom. The number of hydrogen-bond acceptors (Lipinski definition) is 4. The van der Waals surface area contributed by atoms with Gasteiger partial charge in [-0.3, -0.25) is 14.9 Å². The van der Waals surface area contributed by atoms with E-state index in [0.29, 0.717) is 5.57 Å². The molecule has 0 saturated heterocycles. The van der Waals surface area contributed by atoms with Crippen molar-refractivity contribution in [3.05, 3.63) is 11.6 Å². The number of hydrogen-bond donors (Lipinski definition) is 1. The van der Waals surface area contributed by atoms with Crippen LogP contribution in [-0.2, 0) is 19.1 Å². The maximum atomic E-state index is 12.0. The summed E-state index contributed by atoms with van der Waals surface area (Å²) in [5, 5.41) is 2.35. The molecule has 4 atom stereocenters. The van der Waals surface area contributed by atoms with Crippen molar-refractivity contribution in [2.75, 3.05) is 0 Å². The van der Waals surface area contributed by atoms with Crippen LogP contribution >= 0.6 is 0 Å². The smallest absolute Gasteiger partial charge is 0.254 e. The molecule has 5 nitrogen and oxygen atoms in total. The summed E-state index contributed by atoms with van der Waals surface area (Å²) in [6.07, 6.45) is 4.24. The van der Waals surface area contributed by atoms with Gasteiger partial charge in [-0.05, 0) is 72.6 Å². The molecule has 1 saturated carbocycles. The van der Waals surface area contributed by atoms with Crippen LogP contribution in [0.15, 0.2) is 11.6 Å². The molecule has 1 aliphatic heterocycles. The first-order chi connectivity index (χ1) is 11.3. The van der Waals surface area contributed by atoms with Crippen molar-refractivity contribution in [3.8, 4) is 0 Å². The Balaban J connectivity index is 2.16. The summed E-state index contributed by atoms with van der Waals surface area (Å²) in [6, 6.07) is 0. The molecule has 3 unspecified atom stereocenters. The van der Waals surface area contributed by atoms with E-state index in [4.69, 9.17) is 9.47 Å². The Hall–Kier alpha value is -1.20. The quantitative estimate of drug-likeness (QED) is 0.789. The fourth-order valence-corrected chi connectivity index (χ4v) is 3.88.